The van der Waals surface area contributed by atoms with Crippen LogP contribution in [0.25, 0.3) is 0 Å². The lowest BCUT2D eigenvalue weighted by Gasteiger charge is -2.33. The molecule has 2 N–H and O–H groups in total. The van der Waals surface area contributed by atoms with Crippen LogP contribution in [0.5, 0.6) is 0 Å². The van der Waals surface area contributed by atoms with Crippen LogP contribution in [0.1, 0.15) is 31.7 Å². The minimum Gasteiger partial charge on any atom is -0.379 e. The van der Waals surface area contributed by atoms with Crippen LogP contribution >= 0.6 is 0 Å². The van der Waals surface area contributed by atoms with Gasteiger partial charge in [0.2, 0.25) is 0 Å². The summed E-state index contributed by atoms with van der Waals surface area (Å²) in [5.41, 5.74) is 1.26. The molecule has 144 valence electrons. The van der Waals surface area contributed by atoms with Crippen molar-refractivity contribution in [1.82, 2.24) is 15.6 Å². The highest BCUT2D eigenvalue weighted by molar-refractivity contribution is 5.39. The highest BCUT2D eigenvalue weighted by atomic mass is 16.5. The lowest BCUT2D eigenvalue weighted by Crippen LogP contribution is -2.50. The fourth-order valence-corrected chi connectivity index (χ4v) is 4.57. The fourth-order valence-electron chi connectivity index (χ4n) is 4.57. The summed E-state index contributed by atoms with van der Waals surface area (Å²) in [6.45, 7) is 8.34. The molecule has 2 saturated heterocycles. The third-order valence-electron chi connectivity index (χ3n) is 5.98. The summed E-state index contributed by atoms with van der Waals surface area (Å²) in [6.07, 6.45) is 6.18. The maximum Gasteiger partial charge on any atom is 0.128 e. The Labute approximate surface area is 156 Å². The zero-order chi connectivity index (χ0) is 17.8. The number of ether oxygens (including phenoxy) is 2. The van der Waals surface area contributed by atoms with Gasteiger partial charge in [0.05, 0.1) is 25.9 Å². The molecule has 26 heavy (non-hydrogen) atoms. The molecule has 3 heterocycles. The third-order valence-corrected chi connectivity index (χ3v) is 5.98. The summed E-state index contributed by atoms with van der Waals surface area (Å²) in [4.78, 5) is 7.00. The van der Waals surface area contributed by atoms with E-state index in [2.05, 4.69) is 39.6 Å². The van der Waals surface area contributed by atoms with Crippen LogP contribution < -0.4 is 15.5 Å². The Hall–Kier alpha value is -1.21. The standard InChI is InChI=1S/C20H32N4O2/c1-15-13-24(8-10-26-15)20-6-5-16(12-23-20)11-22-18-4-2-3-17(18)19-14-25-9-7-21-19/h5-6,12,15,17-19,21-22H,2-4,7-11,13-14H2,1H3. The molecule has 4 unspecified atom stereocenters. The van der Waals surface area contributed by atoms with Crippen LogP contribution in [0.4, 0.5) is 5.82 Å². The number of hydrogen-bond acceptors (Lipinski definition) is 6. The molecule has 0 spiro atoms. The predicted molar refractivity (Wildman–Crippen MR) is 102 cm³/mol. The molecule has 6 heteroatoms. The summed E-state index contributed by atoms with van der Waals surface area (Å²) < 4.78 is 11.3. The number of rotatable bonds is 5. The number of morpholine rings is 2. The second kappa shape index (κ2) is 8.65. The van der Waals surface area contributed by atoms with Crippen molar-refractivity contribution in [2.45, 2.75) is 50.9 Å². The van der Waals surface area contributed by atoms with E-state index < -0.39 is 0 Å². The molecule has 3 aliphatic rings. The second-order valence-electron chi connectivity index (χ2n) is 7.87. The largest absolute Gasteiger partial charge is 0.379 e. The normalized spacial score (nSPS) is 32.7. The smallest absolute Gasteiger partial charge is 0.128 e. The molecule has 3 fully saturated rings. The minimum absolute atomic E-state index is 0.281. The molecule has 4 rings (SSSR count). The van der Waals surface area contributed by atoms with Crippen LogP contribution in [0.3, 0.4) is 0 Å². The quantitative estimate of drug-likeness (QED) is 0.831. The summed E-state index contributed by atoms with van der Waals surface area (Å²) in [7, 11) is 0. The van der Waals surface area contributed by atoms with Crippen molar-refractivity contribution in [2.24, 2.45) is 5.92 Å². The van der Waals surface area contributed by atoms with Gasteiger partial charge < -0.3 is 25.0 Å². The zero-order valence-electron chi connectivity index (χ0n) is 15.8. The molecule has 6 nitrogen and oxygen atoms in total. The van der Waals surface area contributed by atoms with Crippen LogP contribution in [-0.2, 0) is 16.0 Å². The second-order valence-corrected chi connectivity index (χ2v) is 7.87. The van der Waals surface area contributed by atoms with E-state index in [-0.39, 0.29) is 6.10 Å². The molecule has 0 aromatic carbocycles. The molecule has 1 saturated carbocycles. The van der Waals surface area contributed by atoms with E-state index in [4.69, 9.17) is 9.47 Å². The van der Waals surface area contributed by atoms with Gasteiger partial charge in [-0.05, 0) is 37.3 Å². The Morgan fingerprint density at radius 3 is 3.04 bits per heavy atom. The first-order valence-corrected chi connectivity index (χ1v) is 10.2. The number of anilines is 1. The average molecular weight is 361 g/mol. The van der Waals surface area contributed by atoms with Gasteiger partial charge in [-0.25, -0.2) is 4.98 Å². The van der Waals surface area contributed by atoms with Crippen molar-refractivity contribution < 1.29 is 9.47 Å². The summed E-state index contributed by atoms with van der Waals surface area (Å²) in [5.74, 6) is 1.74. The summed E-state index contributed by atoms with van der Waals surface area (Å²) >= 11 is 0. The lowest BCUT2D eigenvalue weighted by molar-refractivity contribution is 0.0524. The van der Waals surface area contributed by atoms with Gasteiger partial charge in [0.25, 0.3) is 0 Å². The van der Waals surface area contributed by atoms with Crippen LogP contribution in [0.15, 0.2) is 18.3 Å². The monoisotopic (exact) mass is 360 g/mol. The highest BCUT2D eigenvalue weighted by Crippen LogP contribution is 2.29. The van der Waals surface area contributed by atoms with Crippen molar-refractivity contribution in [1.29, 1.82) is 0 Å². The zero-order valence-corrected chi connectivity index (χ0v) is 15.8. The van der Waals surface area contributed by atoms with Crippen molar-refractivity contribution in [3.63, 3.8) is 0 Å². The van der Waals surface area contributed by atoms with E-state index in [1.807, 2.05) is 6.20 Å². The van der Waals surface area contributed by atoms with Gasteiger partial charge in [-0.3, -0.25) is 0 Å². The van der Waals surface area contributed by atoms with E-state index in [0.717, 1.165) is 51.8 Å². The van der Waals surface area contributed by atoms with Crippen molar-refractivity contribution >= 4 is 5.82 Å². The summed E-state index contributed by atoms with van der Waals surface area (Å²) in [6, 6.07) is 5.44. The minimum atomic E-state index is 0.281. The fraction of sp³-hybridized carbons (Fsp3) is 0.750. The average Bonchev–Trinajstić information content (AvgIpc) is 3.16. The first-order chi connectivity index (χ1) is 12.8. The molecule has 1 aromatic rings. The van der Waals surface area contributed by atoms with Gasteiger partial charge in [0.1, 0.15) is 5.82 Å². The van der Waals surface area contributed by atoms with E-state index in [1.165, 1.54) is 24.8 Å². The number of pyridine rings is 1. The molecule has 0 amide bonds. The number of aromatic nitrogens is 1. The molecule has 1 aliphatic carbocycles. The first kappa shape index (κ1) is 18.2. The van der Waals surface area contributed by atoms with Gasteiger partial charge in [-0.1, -0.05) is 12.5 Å². The van der Waals surface area contributed by atoms with E-state index in [1.54, 1.807) is 0 Å². The van der Waals surface area contributed by atoms with E-state index in [0.29, 0.717) is 18.0 Å². The van der Waals surface area contributed by atoms with E-state index in [9.17, 15) is 0 Å². The SMILES string of the molecule is CC1CN(c2ccc(CNC3CCCC3C3COCCN3)cn2)CCO1. The molecular formula is C20H32N4O2. The topological polar surface area (TPSA) is 58.7 Å². The van der Waals surface area contributed by atoms with Gasteiger partial charge >= 0.3 is 0 Å². The predicted octanol–water partition coefficient (Wildman–Crippen LogP) is 1.55. The first-order valence-electron chi connectivity index (χ1n) is 10.2. The van der Waals surface area contributed by atoms with Crippen LogP contribution in [0.2, 0.25) is 0 Å². The molecular weight excluding hydrogens is 328 g/mol. The Morgan fingerprint density at radius 2 is 2.27 bits per heavy atom. The molecule has 2 aliphatic heterocycles. The van der Waals surface area contributed by atoms with Gasteiger partial charge in [0.15, 0.2) is 0 Å². The van der Waals surface area contributed by atoms with E-state index >= 15 is 0 Å². The number of nitrogens with zero attached hydrogens (tertiary/aromatic N) is 2. The molecule has 0 radical (unpaired) electrons. The van der Waals surface area contributed by atoms with Crippen molar-refractivity contribution in [2.75, 3.05) is 44.4 Å². The molecule has 4 atom stereocenters. The Bertz CT molecular complexity index is 561. The maximum atomic E-state index is 5.67. The highest BCUT2D eigenvalue weighted by Gasteiger charge is 2.34. The van der Waals surface area contributed by atoms with Crippen molar-refractivity contribution in [3.8, 4) is 0 Å². The Balaban J connectivity index is 1.30. The molecule has 0 bridgehead atoms. The number of nitrogens with one attached hydrogen (secondary N) is 2. The third kappa shape index (κ3) is 4.36. The van der Waals surface area contributed by atoms with Crippen molar-refractivity contribution in [3.05, 3.63) is 23.9 Å². The van der Waals surface area contributed by atoms with Gasteiger partial charge in [0, 0.05) is 44.5 Å². The lowest BCUT2D eigenvalue weighted by atomic mass is 9.94. The van der Waals surface area contributed by atoms with Crippen LogP contribution in [0, 0.1) is 5.92 Å². The van der Waals surface area contributed by atoms with Crippen LogP contribution in [-0.4, -0.2) is 62.6 Å². The maximum absolute atomic E-state index is 5.67. The Kier molecular flexibility index (Phi) is 6.05. The van der Waals surface area contributed by atoms with Gasteiger partial charge in [-0.15, -0.1) is 0 Å². The molecule has 1 aromatic heterocycles. The van der Waals surface area contributed by atoms with Gasteiger partial charge in [-0.2, -0.15) is 0 Å². The summed E-state index contributed by atoms with van der Waals surface area (Å²) in [5, 5.41) is 7.43. The number of hydrogen-bond donors (Lipinski definition) is 2. The Morgan fingerprint density at radius 1 is 1.31 bits per heavy atom.